The van der Waals surface area contributed by atoms with Crippen molar-refractivity contribution < 1.29 is 9.72 Å². The van der Waals surface area contributed by atoms with Crippen molar-refractivity contribution in [1.82, 2.24) is 25.3 Å². The number of non-ortho nitro benzene ring substituents is 1. The summed E-state index contributed by atoms with van der Waals surface area (Å²) in [7, 11) is 0. The maximum atomic E-state index is 12.1. The Kier molecular flexibility index (Phi) is 5.82. The maximum absolute atomic E-state index is 12.1. The molecular weight excluding hydrogens is 374 g/mol. The number of carbonyl (C=O) groups excluding carboxylic acids is 1. The Morgan fingerprint density at radius 2 is 1.79 bits per heavy atom. The number of hydrogen-bond donors (Lipinski definition) is 2. The fourth-order valence-electron chi connectivity index (χ4n) is 2.68. The predicted molar refractivity (Wildman–Crippen MR) is 107 cm³/mol. The Morgan fingerprint density at radius 1 is 1.07 bits per heavy atom. The minimum Gasteiger partial charge on any atom is -0.367 e. The van der Waals surface area contributed by atoms with Gasteiger partial charge in [-0.2, -0.15) is 5.10 Å². The number of amides is 1. The first-order valence-electron chi connectivity index (χ1n) is 9.00. The van der Waals surface area contributed by atoms with E-state index in [2.05, 4.69) is 25.9 Å². The third-order valence-corrected chi connectivity index (χ3v) is 4.58. The van der Waals surface area contributed by atoms with Gasteiger partial charge >= 0.3 is 0 Å². The SMILES string of the molecule is Cc1nn(-c2ccc(NCCNC(=O)c3ccc([N+](=O)[O-])cc3)nn2)c(C)c1C. The molecule has 0 aliphatic carbocycles. The number of hydrogen-bond acceptors (Lipinski definition) is 7. The van der Waals surface area contributed by atoms with Crippen molar-refractivity contribution in [1.29, 1.82) is 0 Å². The van der Waals surface area contributed by atoms with Crippen LogP contribution in [0.1, 0.15) is 27.3 Å². The first kappa shape index (κ1) is 19.9. The first-order valence-corrected chi connectivity index (χ1v) is 9.00. The molecule has 0 atom stereocenters. The van der Waals surface area contributed by atoms with Gasteiger partial charge in [0.05, 0.1) is 10.6 Å². The average molecular weight is 395 g/mol. The van der Waals surface area contributed by atoms with Crippen molar-refractivity contribution >= 4 is 17.4 Å². The number of nitro groups is 1. The van der Waals surface area contributed by atoms with Crippen LogP contribution in [0.15, 0.2) is 36.4 Å². The number of rotatable bonds is 7. The Balaban J connectivity index is 1.50. The van der Waals surface area contributed by atoms with Crippen LogP contribution in [0.3, 0.4) is 0 Å². The molecule has 0 saturated heterocycles. The van der Waals surface area contributed by atoms with Gasteiger partial charge < -0.3 is 10.6 Å². The van der Waals surface area contributed by atoms with Gasteiger partial charge in [0, 0.05) is 36.5 Å². The highest BCUT2D eigenvalue weighted by atomic mass is 16.6. The Labute approximate surface area is 167 Å². The molecule has 0 aliphatic rings. The Bertz CT molecular complexity index is 1030. The van der Waals surface area contributed by atoms with Crippen molar-refractivity contribution in [2.24, 2.45) is 0 Å². The van der Waals surface area contributed by atoms with Gasteiger partial charge in [0.2, 0.25) is 0 Å². The number of aromatic nitrogens is 4. The summed E-state index contributed by atoms with van der Waals surface area (Å²) in [5.41, 5.74) is 3.40. The number of nitrogens with one attached hydrogen (secondary N) is 2. The summed E-state index contributed by atoms with van der Waals surface area (Å²) in [6.07, 6.45) is 0. The zero-order chi connectivity index (χ0) is 21.0. The number of carbonyl (C=O) groups is 1. The van der Waals surface area contributed by atoms with Crippen LogP contribution in [0.5, 0.6) is 0 Å². The highest BCUT2D eigenvalue weighted by molar-refractivity contribution is 5.94. The van der Waals surface area contributed by atoms with Crippen LogP contribution in [0.2, 0.25) is 0 Å². The van der Waals surface area contributed by atoms with Crippen LogP contribution in [0, 0.1) is 30.9 Å². The maximum Gasteiger partial charge on any atom is 0.269 e. The van der Waals surface area contributed by atoms with Gasteiger partial charge in [0.1, 0.15) is 5.82 Å². The van der Waals surface area contributed by atoms with E-state index in [4.69, 9.17) is 0 Å². The molecule has 0 saturated carbocycles. The molecule has 10 nitrogen and oxygen atoms in total. The zero-order valence-corrected chi connectivity index (χ0v) is 16.3. The number of aryl methyl sites for hydroxylation is 1. The molecule has 10 heteroatoms. The van der Waals surface area contributed by atoms with E-state index in [0.29, 0.717) is 30.3 Å². The molecule has 150 valence electrons. The highest BCUT2D eigenvalue weighted by Gasteiger charge is 2.11. The molecule has 3 rings (SSSR count). The lowest BCUT2D eigenvalue weighted by Gasteiger charge is -2.08. The topological polar surface area (TPSA) is 128 Å². The quantitative estimate of drug-likeness (QED) is 0.357. The van der Waals surface area contributed by atoms with Gasteiger partial charge in [-0.15, -0.1) is 10.2 Å². The van der Waals surface area contributed by atoms with Crippen molar-refractivity contribution in [2.75, 3.05) is 18.4 Å². The lowest BCUT2D eigenvalue weighted by atomic mass is 10.2. The van der Waals surface area contributed by atoms with Crippen molar-refractivity contribution in [2.45, 2.75) is 20.8 Å². The predicted octanol–water partition coefficient (Wildman–Crippen LogP) is 2.34. The lowest BCUT2D eigenvalue weighted by Crippen LogP contribution is -2.28. The van der Waals surface area contributed by atoms with Crippen LogP contribution >= 0.6 is 0 Å². The molecule has 0 aliphatic heterocycles. The minimum atomic E-state index is -0.506. The molecule has 1 amide bonds. The molecule has 0 fully saturated rings. The summed E-state index contributed by atoms with van der Waals surface area (Å²) in [5, 5.41) is 29.2. The summed E-state index contributed by atoms with van der Waals surface area (Å²) in [4.78, 5) is 22.2. The second-order valence-electron chi connectivity index (χ2n) is 6.47. The molecular formula is C19H21N7O3. The third kappa shape index (κ3) is 4.54. The third-order valence-electron chi connectivity index (χ3n) is 4.58. The highest BCUT2D eigenvalue weighted by Crippen LogP contribution is 2.15. The summed E-state index contributed by atoms with van der Waals surface area (Å²) in [6, 6.07) is 9.07. The molecule has 0 bridgehead atoms. The lowest BCUT2D eigenvalue weighted by molar-refractivity contribution is -0.384. The summed E-state index contributed by atoms with van der Waals surface area (Å²) in [5.74, 6) is 0.912. The second-order valence-corrected chi connectivity index (χ2v) is 6.47. The largest absolute Gasteiger partial charge is 0.367 e. The molecule has 0 spiro atoms. The molecule has 2 aromatic heterocycles. The van der Waals surface area contributed by atoms with E-state index in [1.165, 1.54) is 24.3 Å². The van der Waals surface area contributed by atoms with Crippen molar-refractivity contribution in [3.8, 4) is 5.82 Å². The van der Waals surface area contributed by atoms with Gasteiger partial charge in [0.25, 0.3) is 11.6 Å². The van der Waals surface area contributed by atoms with Crippen LogP contribution < -0.4 is 10.6 Å². The van der Waals surface area contributed by atoms with E-state index in [1.807, 2.05) is 26.8 Å². The summed E-state index contributed by atoms with van der Waals surface area (Å²) >= 11 is 0. The van der Waals surface area contributed by atoms with Gasteiger partial charge in [-0.25, -0.2) is 4.68 Å². The fourth-order valence-corrected chi connectivity index (χ4v) is 2.68. The van der Waals surface area contributed by atoms with Crippen molar-refractivity contribution in [3.05, 3.63) is 69.0 Å². The second kappa shape index (κ2) is 8.46. The van der Waals surface area contributed by atoms with Crippen LogP contribution in [-0.2, 0) is 0 Å². The standard InChI is InChI=1S/C19H21N7O3/c1-12-13(2)24-25(14(12)3)18-9-8-17(22-23-18)20-10-11-21-19(27)15-4-6-16(7-5-15)26(28)29/h4-9H,10-11H2,1-3H3,(H,20,22)(H,21,27). The van der Waals surface area contributed by atoms with Crippen molar-refractivity contribution in [3.63, 3.8) is 0 Å². The Morgan fingerprint density at radius 3 is 2.34 bits per heavy atom. The molecule has 3 aromatic rings. The van der Waals surface area contributed by atoms with E-state index >= 15 is 0 Å². The molecule has 1 aromatic carbocycles. The molecule has 0 radical (unpaired) electrons. The fraction of sp³-hybridized carbons (Fsp3) is 0.263. The minimum absolute atomic E-state index is 0.0548. The molecule has 29 heavy (non-hydrogen) atoms. The van der Waals surface area contributed by atoms with Gasteiger partial charge in [-0.05, 0) is 50.6 Å². The summed E-state index contributed by atoms with van der Waals surface area (Å²) < 4.78 is 1.76. The molecule has 2 N–H and O–H groups in total. The normalized spacial score (nSPS) is 10.6. The van der Waals surface area contributed by atoms with Gasteiger partial charge in [-0.3, -0.25) is 14.9 Å². The monoisotopic (exact) mass is 395 g/mol. The van der Waals surface area contributed by atoms with E-state index in [-0.39, 0.29) is 11.6 Å². The summed E-state index contributed by atoms with van der Waals surface area (Å²) in [6.45, 7) is 6.76. The average Bonchev–Trinajstić information content (AvgIpc) is 2.99. The van der Waals surface area contributed by atoms with E-state index in [0.717, 1.165) is 17.0 Å². The van der Waals surface area contributed by atoms with E-state index < -0.39 is 4.92 Å². The molecule has 2 heterocycles. The number of benzene rings is 1. The van der Waals surface area contributed by atoms with Crippen LogP contribution in [-0.4, -0.2) is 43.9 Å². The number of nitrogens with zero attached hydrogens (tertiary/aromatic N) is 5. The Hall–Kier alpha value is -3.82. The zero-order valence-electron chi connectivity index (χ0n) is 16.3. The number of nitro benzene ring substituents is 1. The smallest absolute Gasteiger partial charge is 0.269 e. The van der Waals surface area contributed by atoms with Crippen LogP contribution in [0.25, 0.3) is 5.82 Å². The van der Waals surface area contributed by atoms with Crippen LogP contribution in [0.4, 0.5) is 11.5 Å². The number of anilines is 1. The first-order chi connectivity index (χ1) is 13.9. The van der Waals surface area contributed by atoms with E-state index in [1.54, 1.807) is 10.7 Å². The van der Waals surface area contributed by atoms with E-state index in [9.17, 15) is 14.9 Å². The van der Waals surface area contributed by atoms with Gasteiger partial charge in [0.15, 0.2) is 5.82 Å². The molecule has 0 unspecified atom stereocenters. The van der Waals surface area contributed by atoms with Gasteiger partial charge in [-0.1, -0.05) is 0 Å².